The van der Waals surface area contributed by atoms with Gasteiger partial charge in [-0.1, -0.05) is 18.9 Å². The van der Waals surface area contributed by atoms with E-state index in [1.165, 1.54) is 31.7 Å². The summed E-state index contributed by atoms with van der Waals surface area (Å²) < 4.78 is 14.4. The summed E-state index contributed by atoms with van der Waals surface area (Å²) in [4.78, 5) is 0. The molecule has 0 amide bonds. The van der Waals surface area contributed by atoms with Crippen LogP contribution in [0.4, 0.5) is 10.1 Å². The normalized spacial score (nSPS) is 18.7. The molecule has 88 valence electrons. The Kier molecular flexibility index (Phi) is 3.85. The maximum atomic E-state index is 13.6. The molecule has 0 spiro atoms. The molecule has 1 unspecified atom stereocenters. The topological polar surface area (TPSA) is 12.0 Å². The largest absolute Gasteiger partial charge is 0.379 e. The van der Waals surface area contributed by atoms with Gasteiger partial charge in [-0.15, -0.1) is 0 Å². The quantitative estimate of drug-likeness (QED) is 0.857. The fourth-order valence-corrected chi connectivity index (χ4v) is 2.90. The van der Waals surface area contributed by atoms with E-state index < -0.39 is 0 Å². The molecule has 2 rings (SSSR count). The maximum Gasteiger partial charge on any atom is 0.147 e. The van der Waals surface area contributed by atoms with Crippen LogP contribution in [0.3, 0.4) is 0 Å². The molecule has 0 heterocycles. The fourth-order valence-electron chi connectivity index (χ4n) is 2.44. The van der Waals surface area contributed by atoms with Crippen LogP contribution in [0.2, 0.25) is 0 Å². The Balaban J connectivity index is 2.07. The highest BCUT2D eigenvalue weighted by Crippen LogP contribution is 2.32. The minimum Gasteiger partial charge on any atom is -0.379 e. The van der Waals surface area contributed by atoms with E-state index in [9.17, 15) is 4.39 Å². The van der Waals surface area contributed by atoms with Crippen LogP contribution in [0, 0.1) is 11.7 Å². The van der Waals surface area contributed by atoms with Crippen molar-refractivity contribution in [3.8, 4) is 0 Å². The van der Waals surface area contributed by atoms with E-state index in [2.05, 4.69) is 28.2 Å². The summed E-state index contributed by atoms with van der Waals surface area (Å²) in [7, 11) is 0. The van der Waals surface area contributed by atoms with Gasteiger partial charge in [-0.25, -0.2) is 4.39 Å². The van der Waals surface area contributed by atoms with Crippen LogP contribution in [0.5, 0.6) is 0 Å². The molecule has 1 aromatic rings. The molecule has 1 N–H and O–H groups in total. The van der Waals surface area contributed by atoms with Gasteiger partial charge in [0.25, 0.3) is 0 Å². The zero-order valence-corrected chi connectivity index (χ0v) is 11.1. The Hall–Kier alpha value is -0.570. The molecule has 0 aliphatic heterocycles. The second-order valence-electron chi connectivity index (χ2n) is 4.57. The Morgan fingerprint density at radius 1 is 1.38 bits per heavy atom. The molecule has 0 bridgehead atoms. The highest BCUT2D eigenvalue weighted by molar-refractivity contribution is 9.10. The second-order valence-corrected chi connectivity index (χ2v) is 5.43. The third-order valence-corrected chi connectivity index (χ3v) is 4.10. The van der Waals surface area contributed by atoms with Crippen LogP contribution in [0.25, 0.3) is 0 Å². The van der Waals surface area contributed by atoms with Crippen LogP contribution in [-0.4, -0.2) is 6.04 Å². The molecule has 1 nitrogen and oxygen atoms in total. The molecular weight excluding hydrogens is 269 g/mol. The van der Waals surface area contributed by atoms with E-state index in [-0.39, 0.29) is 5.82 Å². The van der Waals surface area contributed by atoms with E-state index in [0.29, 0.717) is 17.6 Å². The summed E-state index contributed by atoms with van der Waals surface area (Å²) in [5.74, 6) is 0.505. The lowest BCUT2D eigenvalue weighted by atomic mass is 9.99. The van der Waals surface area contributed by atoms with Crippen molar-refractivity contribution in [3.63, 3.8) is 0 Å². The lowest BCUT2D eigenvalue weighted by molar-refractivity contribution is 0.479. The van der Waals surface area contributed by atoms with Crippen molar-refractivity contribution in [1.29, 1.82) is 0 Å². The number of nitrogens with one attached hydrogen (secondary N) is 1. The van der Waals surface area contributed by atoms with Crippen molar-refractivity contribution in [1.82, 2.24) is 0 Å². The first kappa shape index (κ1) is 11.9. The molecule has 1 fully saturated rings. The highest BCUT2D eigenvalue weighted by atomic mass is 79.9. The molecule has 0 saturated heterocycles. The van der Waals surface area contributed by atoms with Crippen molar-refractivity contribution in [2.75, 3.05) is 5.32 Å². The predicted molar refractivity (Wildman–Crippen MR) is 69.1 cm³/mol. The van der Waals surface area contributed by atoms with Gasteiger partial charge in [0, 0.05) is 10.5 Å². The first-order valence-corrected chi connectivity index (χ1v) is 6.68. The van der Waals surface area contributed by atoms with Crippen molar-refractivity contribution < 1.29 is 4.39 Å². The summed E-state index contributed by atoms with van der Waals surface area (Å²) >= 11 is 3.38. The molecular formula is C13H17BrFN. The van der Waals surface area contributed by atoms with Gasteiger partial charge in [-0.2, -0.15) is 0 Å². The highest BCUT2D eigenvalue weighted by Gasteiger charge is 2.22. The predicted octanol–water partition coefficient (Wildman–Crippen LogP) is 4.58. The first-order valence-electron chi connectivity index (χ1n) is 5.89. The third-order valence-electron chi connectivity index (χ3n) is 3.44. The van der Waals surface area contributed by atoms with Gasteiger partial charge >= 0.3 is 0 Å². The van der Waals surface area contributed by atoms with Gasteiger partial charge in [-0.05, 0) is 53.7 Å². The molecule has 3 heteroatoms. The van der Waals surface area contributed by atoms with Gasteiger partial charge in [0.15, 0.2) is 0 Å². The van der Waals surface area contributed by atoms with E-state index in [1.807, 2.05) is 6.07 Å². The second kappa shape index (κ2) is 5.17. The molecule has 1 aliphatic rings. The number of benzene rings is 1. The summed E-state index contributed by atoms with van der Waals surface area (Å²) in [5.41, 5.74) is 0.599. The number of hydrogen-bond acceptors (Lipinski definition) is 1. The van der Waals surface area contributed by atoms with E-state index in [1.54, 1.807) is 6.07 Å². The lowest BCUT2D eigenvalue weighted by Crippen LogP contribution is -2.24. The van der Waals surface area contributed by atoms with Gasteiger partial charge in [0.05, 0.1) is 5.69 Å². The Labute approximate surface area is 105 Å². The number of para-hydroxylation sites is 1. The van der Waals surface area contributed by atoms with Crippen LogP contribution >= 0.6 is 15.9 Å². The SMILES string of the molecule is CC(Nc1c(F)cccc1Br)C1CCCC1. The number of anilines is 1. The van der Waals surface area contributed by atoms with Gasteiger partial charge < -0.3 is 5.32 Å². The number of halogens is 2. The minimum absolute atomic E-state index is 0.181. The van der Waals surface area contributed by atoms with E-state index in [4.69, 9.17) is 0 Å². The van der Waals surface area contributed by atoms with E-state index in [0.717, 1.165) is 4.47 Å². The molecule has 0 radical (unpaired) electrons. The van der Waals surface area contributed by atoms with Crippen LogP contribution < -0.4 is 5.32 Å². The maximum absolute atomic E-state index is 13.6. The molecule has 16 heavy (non-hydrogen) atoms. The zero-order chi connectivity index (χ0) is 11.5. The van der Waals surface area contributed by atoms with Crippen molar-refractivity contribution in [2.45, 2.75) is 38.6 Å². The molecule has 0 aromatic heterocycles. The fraction of sp³-hybridized carbons (Fsp3) is 0.538. The zero-order valence-electron chi connectivity index (χ0n) is 9.47. The third kappa shape index (κ3) is 2.57. The summed E-state index contributed by atoms with van der Waals surface area (Å²) in [6, 6.07) is 5.42. The standard InChI is InChI=1S/C13H17BrFN/c1-9(10-5-2-3-6-10)16-13-11(14)7-4-8-12(13)15/h4,7-10,16H,2-3,5-6H2,1H3. The van der Waals surface area contributed by atoms with Gasteiger partial charge in [0.1, 0.15) is 5.82 Å². The summed E-state index contributed by atoms with van der Waals surface area (Å²) in [5, 5.41) is 3.30. The van der Waals surface area contributed by atoms with E-state index >= 15 is 0 Å². The lowest BCUT2D eigenvalue weighted by Gasteiger charge is -2.22. The van der Waals surface area contributed by atoms with Crippen LogP contribution in [-0.2, 0) is 0 Å². The first-order chi connectivity index (χ1) is 7.68. The summed E-state index contributed by atoms with van der Waals surface area (Å²) in [6.45, 7) is 2.15. The average Bonchev–Trinajstić information content (AvgIpc) is 2.76. The van der Waals surface area contributed by atoms with Gasteiger partial charge in [-0.3, -0.25) is 0 Å². The van der Waals surface area contributed by atoms with Crippen molar-refractivity contribution >= 4 is 21.6 Å². The summed E-state index contributed by atoms with van der Waals surface area (Å²) in [6.07, 6.45) is 5.16. The molecule has 1 atom stereocenters. The van der Waals surface area contributed by atoms with Crippen LogP contribution in [0.1, 0.15) is 32.6 Å². The number of rotatable bonds is 3. The Bertz CT molecular complexity index is 341. The molecule has 1 aromatic carbocycles. The molecule has 1 aliphatic carbocycles. The average molecular weight is 286 g/mol. The smallest absolute Gasteiger partial charge is 0.147 e. The monoisotopic (exact) mass is 285 g/mol. The Morgan fingerprint density at radius 3 is 2.69 bits per heavy atom. The van der Waals surface area contributed by atoms with Crippen molar-refractivity contribution in [2.24, 2.45) is 5.92 Å². The van der Waals surface area contributed by atoms with Crippen molar-refractivity contribution in [3.05, 3.63) is 28.5 Å². The minimum atomic E-state index is -0.181. The van der Waals surface area contributed by atoms with Gasteiger partial charge in [0.2, 0.25) is 0 Å². The number of hydrogen-bond donors (Lipinski definition) is 1. The molecule has 1 saturated carbocycles. The van der Waals surface area contributed by atoms with Crippen LogP contribution in [0.15, 0.2) is 22.7 Å². The Morgan fingerprint density at radius 2 is 2.06 bits per heavy atom.